The van der Waals surface area contributed by atoms with Gasteiger partial charge in [-0.25, -0.2) is 26.1 Å². The molecule has 0 fully saturated rings. The smallest absolute Gasteiger partial charge is 0.241 e. The molecule has 4 rings (SSSR count). The van der Waals surface area contributed by atoms with Crippen molar-refractivity contribution < 1.29 is 16.8 Å². The molecule has 0 aliphatic carbocycles. The van der Waals surface area contributed by atoms with Crippen LogP contribution in [0.15, 0.2) is 78.0 Å². The lowest BCUT2D eigenvalue weighted by Crippen LogP contribution is -2.31. The molecular formula is C19H18N4O4S2. The molecule has 2 aromatic carbocycles. The summed E-state index contributed by atoms with van der Waals surface area (Å²) in [4.78, 5) is 0.118. The Labute approximate surface area is 168 Å². The topological polar surface area (TPSA) is 110 Å². The Morgan fingerprint density at radius 1 is 0.931 bits per heavy atom. The van der Waals surface area contributed by atoms with Crippen LogP contribution in [0.1, 0.15) is 0 Å². The van der Waals surface area contributed by atoms with Crippen LogP contribution >= 0.6 is 0 Å². The Balaban J connectivity index is 1.45. The minimum atomic E-state index is -3.86. The van der Waals surface area contributed by atoms with Crippen LogP contribution in [0.4, 0.5) is 5.69 Å². The third-order valence-corrected chi connectivity index (χ3v) is 7.18. The average Bonchev–Trinajstić information content (AvgIpc) is 3.14. The fourth-order valence-electron chi connectivity index (χ4n) is 3.03. The molecular weight excluding hydrogens is 412 g/mol. The van der Waals surface area contributed by atoms with Crippen LogP contribution < -0.4 is 9.44 Å². The Morgan fingerprint density at radius 3 is 2.59 bits per heavy atom. The van der Waals surface area contributed by atoms with Gasteiger partial charge in [-0.1, -0.05) is 36.4 Å². The first kappa shape index (κ1) is 19.4. The molecule has 2 aromatic heterocycles. The Morgan fingerprint density at radius 2 is 1.72 bits per heavy atom. The number of hydrogen-bond acceptors (Lipinski definition) is 5. The van der Waals surface area contributed by atoms with E-state index in [-0.39, 0.29) is 11.4 Å². The molecule has 2 heterocycles. The summed E-state index contributed by atoms with van der Waals surface area (Å²) < 4.78 is 56.5. The maximum atomic E-state index is 12.7. The van der Waals surface area contributed by atoms with E-state index in [0.717, 1.165) is 10.9 Å². The second-order valence-electron chi connectivity index (χ2n) is 6.41. The van der Waals surface area contributed by atoms with Crippen LogP contribution in [0.3, 0.4) is 0 Å². The van der Waals surface area contributed by atoms with E-state index in [1.807, 2.05) is 18.2 Å². The van der Waals surface area contributed by atoms with E-state index in [0.29, 0.717) is 11.1 Å². The molecule has 150 valence electrons. The lowest BCUT2D eigenvalue weighted by Gasteiger charge is -2.11. The quantitative estimate of drug-likeness (QED) is 0.467. The van der Waals surface area contributed by atoms with E-state index in [1.165, 1.54) is 6.07 Å². The molecule has 0 amide bonds. The molecule has 29 heavy (non-hydrogen) atoms. The molecule has 8 nitrogen and oxygen atoms in total. The maximum Gasteiger partial charge on any atom is 0.241 e. The summed E-state index contributed by atoms with van der Waals surface area (Å²) >= 11 is 0. The first-order valence-corrected chi connectivity index (χ1v) is 11.9. The number of sulfonamides is 2. The van der Waals surface area contributed by atoms with Crippen molar-refractivity contribution in [3.8, 4) is 0 Å². The predicted octanol–water partition coefficient (Wildman–Crippen LogP) is 2.21. The molecule has 0 radical (unpaired) electrons. The van der Waals surface area contributed by atoms with Gasteiger partial charge in [0, 0.05) is 24.3 Å². The summed E-state index contributed by atoms with van der Waals surface area (Å²) in [6, 6.07) is 17.1. The Hall–Kier alpha value is -2.95. The first-order valence-electron chi connectivity index (χ1n) is 8.75. The number of hydrogen-bond donors (Lipinski definition) is 2. The van der Waals surface area contributed by atoms with Gasteiger partial charge in [0.1, 0.15) is 0 Å². The van der Waals surface area contributed by atoms with Gasteiger partial charge >= 0.3 is 0 Å². The van der Waals surface area contributed by atoms with E-state index in [4.69, 9.17) is 0 Å². The molecule has 0 unspecified atom stereocenters. The fraction of sp³-hybridized carbons (Fsp3) is 0.105. The number of aromatic nitrogens is 2. The molecule has 0 bridgehead atoms. The minimum absolute atomic E-state index is 0.118. The van der Waals surface area contributed by atoms with E-state index in [9.17, 15) is 16.8 Å². The van der Waals surface area contributed by atoms with Gasteiger partial charge in [-0.05, 0) is 29.7 Å². The van der Waals surface area contributed by atoms with Crippen LogP contribution in [-0.4, -0.2) is 38.7 Å². The van der Waals surface area contributed by atoms with Crippen molar-refractivity contribution in [1.29, 1.82) is 0 Å². The van der Waals surface area contributed by atoms with Gasteiger partial charge in [0.25, 0.3) is 0 Å². The highest BCUT2D eigenvalue weighted by Gasteiger charge is 2.19. The summed E-state index contributed by atoms with van der Waals surface area (Å²) in [6.45, 7) is -0.254. The highest BCUT2D eigenvalue weighted by atomic mass is 32.2. The van der Waals surface area contributed by atoms with Crippen molar-refractivity contribution in [2.24, 2.45) is 0 Å². The van der Waals surface area contributed by atoms with Crippen molar-refractivity contribution in [2.45, 2.75) is 4.90 Å². The zero-order valence-electron chi connectivity index (χ0n) is 15.2. The number of fused-ring (bicyclic) bond motifs is 2. The summed E-state index contributed by atoms with van der Waals surface area (Å²) in [5, 5.41) is 5.42. The van der Waals surface area contributed by atoms with E-state index in [1.54, 1.807) is 53.3 Å². The normalized spacial score (nSPS) is 12.4. The van der Waals surface area contributed by atoms with Gasteiger partial charge in [0.05, 0.1) is 21.9 Å². The van der Waals surface area contributed by atoms with Gasteiger partial charge in [-0.2, -0.15) is 5.10 Å². The van der Waals surface area contributed by atoms with E-state index >= 15 is 0 Å². The molecule has 0 saturated heterocycles. The Kier molecular flexibility index (Phi) is 4.99. The number of nitrogens with one attached hydrogen (secondary N) is 2. The van der Waals surface area contributed by atoms with Crippen LogP contribution in [0.5, 0.6) is 0 Å². The van der Waals surface area contributed by atoms with Crippen LogP contribution in [-0.2, 0) is 20.0 Å². The van der Waals surface area contributed by atoms with Gasteiger partial charge < -0.3 is 0 Å². The summed E-state index contributed by atoms with van der Waals surface area (Å²) in [7, 11) is -7.60. The van der Waals surface area contributed by atoms with Crippen LogP contribution in [0, 0.1) is 0 Å². The SMILES string of the molecule is O=S(=O)(CCNS(=O)(=O)c1cccc2ccccc12)Nc1ccn2nccc2c1. The van der Waals surface area contributed by atoms with E-state index in [2.05, 4.69) is 14.5 Å². The zero-order valence-corrected chi connectivity index (χ0v) is 16.8. The van der Waals surface area contributed by atoms with Crippen molar-refractivity contribution in [1.82, 2.24) is 14.3 Å². The fourth-order valence-corrected chi connectivity index (χ4v) is 5.38. The van der Waals surface area contributed by atoms with Crippen molar-refractivity contribution >= 4 is 42.0 Å². The number of anilines is 1. The number of pyridine rings is 1. The Bertz CT molecular complexity index is 1390. The lowest BCUT2D eigenvalue weighted by atomic mass is 10.1. The first-order chi connectivity index (χ1) is 13.8. The maximum absolute atomic E-state index is 12.7. The zero-order chi connectivity index (χ0) is 20.5. The summed E-state index contributed by atoms with van der Waals surface area (Å²) in [5.74, 6) is -0.401. The monoisotopic (exact) mass is 430 g/mol. The van der Waals surface area contributed by atoms with Crippen LogP contribution in [0.25, 0.3) is 16.3 Å². The van der Waals surface area contributed by atoms with Gasteiger partial charge in [0.2, 0.25) is 20.0 Å². The highest BCUT2D eigenvalue weighted by molar-refractivity contribution is 7.92. The van der Waals surface area contributed by atoms with Gasteiger partial charge in [-0.3, -0.25) is 4.72 Å². The highest BCUT2D eigenvalue weighted by Crippen LogP contribution is 2.22. The lowest BCUT2D eigenvalue weighted by molar-refractivity contribution is 0.582. The molecule has 2 N–H and O–H groups in total. The number of nitrogens with zero attached hydrogens (tertiary/aromatic N) is 2. The largest absolute Gasteiger partial charge is 0.283 e. The average molecular weight is 431 g/mol. The van der Waals surface area contributed by atoms with Crippen molar-refractivity contribution in [3.05, 3.63) is 73.1 Å². The second-order valence-corrected chi connectivity index (χ2v) is 9.99. The third kappa shape index (κ3) is 4.24. The molecule has 0 saturated carbocycles. The summed E-state index contributed by atoms with van der Waals surface area (Å²) in [5.41, 5.74) is 1.12. The van der Waals surface area contributed by atoms with Gasteiger partial charge in [0.15, 0.2) is 0 Å². The number of rotatable bonds is 7. The molecule has 0 aliphatic heterocycles. The van der Waals surface area contributed by atoms with Gasteiger partial charge in [-0.15, -0.1) is 0 Å². The third-order valence-electron chi connectivity index (χ3n) is 4.37. The predicted molar refractivity (Wildman–Crippen MR) is 112 cm³/mol. The molecule has 4 aromatic rings. The minimum Gasteiger partial charge on any atom is -0.283 e. The second kappa shape index (κ2) is 7.47. The summed E-state index contributed by atoms with van der Waals surface area (Å²) in [6.07, 6.45) is 3.24. The van der Waals surface area contributed by atoms with E-state index < -0.39 is 25.8 Å². The number of benzene rings is 2. The molecule has 0 aliphatic rings. The molecule has 10 heteroatoms. The molecule has 0 atom stereocenters. The standard InChI is InChI=1S/C19H18N4O4S2/c24-28(25,22-16-9-12-23-17(14-16)8-10-20-23)13-11-21-29(26,27)19-7-3-5-15-4-1-2-6-18(15)19/h1-10,12,14,21-22H,11,13H2. The molecule has 0 spiro atoms. The van der Waals surface area contributed by atoms with Crippen molar-refractivity contribution in [3.63, 3.8) is 0 Å². The van der Waals surface area contributed by atoms with Crippen LogP contribution in [0.2, 0.25) is 0 Å². The van der Waals surface area contributed by atoms with Crippen molar-refractivity contribution in [2.75, 3.05) is 17.0 Å².